The van der Waals surface area contributed by atoms with Gasteiger partial charge in [-0.2, -0.15) is 0 Å². The number of methoxy groups -OCH3 is 1. The third kappa shape index (κ3) is 3.11. The van der Waals surface area contributed by atoms with E-state index in [0.29, 0.717) is 18.0 Å². The van der Waals surface area contributed by atoms with E-state index in [1.165, 1.54) is 6.33 Å². The molecule has 3 rings (SSSR count). The lowest BCUT2D eigenvalue weighted by molar-refractivity contribution is -0.228. The van der Waals surface area contributed by atoms with Crippen LogP contribution < -0.4 is 0 Å². The molecule has 1 aliphatic carbocycles. The molecule has 0 aliphatic heterocycles. The van der Waals surface area contributed by atoms with Crippen molar-refractivity contribution in [3.8, 4) is 0 Å². The number of fused-ring (bicyclic) bond motifs is 1. The predicted octanol–water partition coefficient (Wildman–Crippen LogP) is 3.00. The second-order valence-electron chi connectivity index (χ2n) is 6.32. The maximum atomic E-state index is 11.3. The number of halogens is 1. The fraction of sp³-hybridized carbons (Fsp3) is 0.562. The lowest BCUT2D eigenvalue weighted by atomic mass is 10.1. The van der Waals surface area contributed by atoms with E-state index in [1.807, 2.05) is 30.7 Å². The summed E-state index contributed by atoms with van der Waals surface area (Å²) in [5.41, 5.74) is 0.755. The lowest BCUT2D eigenvalue weighted by Gasteiger charge is -2.31. The Kier molecular flexibility index (Phi) is 4.40. The second kappa shape index (κ2) is 6.19. The van der Waals surface area contributed by atoms with Crippen molar-refractivity contribution in [2.75, 3.05) is 7.11 Å². The van der Waals surface area contributed by atoms with Crippen LogP contribution in [0.3, 0.4) is 0 Å². The second-order valence-corrected chi connectivity index (χ2v) is 6.68. The first-order valence-electron chi connectivity index (χ1n) is 7.60. The molecule has 0 radical (unpaired) electrons. The van der Waals surface area contributed by atoms with E-state index in [0.717, 1.165) is 17.3 Å². The van der Waals surface area contributed by atoms with Gasteiger partial charge < -0.3 is 18.8 Å². The number of aldehydes is 1. The lowest BCUT2D eigenvalue weighted by Crippen LogP contribution is -2.35. The van der Waals surface area contributed by atoms with Gasteiger partial charge >= 0.3 is 0 Å². The smallest absolute Gasteiger partial charge is 0.162 e. The number of hydrogen-bond donors (Lipinski definition) is 0. The van der Waals surface area contributed by atoms with Crippen molar-refractivity contribution >= 4 is 28.9 Å². The van der Waals surface area contributed by atoms with Crippen molar-refractivity contribution < 1.29 is 14.3 Å². The summed E-state index contributed by atoms with van der Waals surface area (Å²) >= 11 is 6.13. The van der Waals surface area contributed by atoms with Gasteiger partial charge in [0.15, 0.2) is 5.79 Å². The molecule has 23 heavy (non-hydrogen) atoms. The molecular weight excluding hydrogens is 318 g/mol. The van der Waals surface area contributed by atoms with Gasteiger partial charge in [0.05, 0.1) is 17.5 Å². The van der Waals surface area contributed by atoms with Crippen molar-refractivity contribution in [3.05, 3.63) is 23.7 Å². The van der Waals surface area contributed by atoms with E-state index in [1.54, 1.807) is 7.11 Å². The Hall–Kier alpha value is -1.50. The molecular formula is C16H20ClN3O3. The average molecular weight is 338 g/mol. The summed E-state index contributed by atoms with van der Waals surface area (Å²) in [5, 5.41) is 1.22. The zero-order valence-electron chi connectivity index (χ0n) is 13.4. The highest BCUT2D eigenvalue weighted by Crippen LogP contribution is 2.40. The van der Waals surface area contributed by atoms with Crippen LogP contribution in [0.1, 0.15) is 32.7 Å². The first-order valence-corrected chi connectivity index (χ1v) is 7.98. The summed E-state index contributed by atoms with van der Waals surface area (Å²) in [5.74, 6) is -0.747. The molecule has 0 amide bonds. The van der Waals surface area contributed by atoms with Gasteiger partial charge in [0.25, 0.3) is 0 Å². The molecule has 124 valence electrons. The van der Waals surface area contributed by atoms with Crippen LogP contribution in [0.5, 0.6) is 0 Å². The van der Waals surface area contributed by atoms with Crippen LogP contribution in [0.2, 0.25) is 5.15 Å². The number of hydrogen-bond acceptors (Lipinski definition) is 5. The summed E-state index contributed by atoms with van der Waals surface area (Å²) < 4.78 is 13.5. The molecule has 0 unspecified atom stereocenters. The minimum Gasteiger partial charge on any atom is -0.354 e. The number of nitrogens with zero attached hydrogens (tertiary/aromatic N) is 3. The molecule has 0 saturated heterocycles. The maximum Gasteiger partial charge on any atom is 0.162 e. The first-order chi connectivity index (χ1) is 10.9. The van der Waals surface area contributed by atoms with Gasteiger partial charge in [-0.25, -0.2) is 9.97 Å². The van der Waals surface area contributed by atoms with Gasteiger partial charge in [-0.05, 0) is 32.8 Å². The van der Waals surface area contributed by atoms with E-state index in [2.05, 4.69) is 9.97 Å². The molecule has 0 bridgehead atoms. The van der Waals surface area contributed by atoms with Gasteiger partial charge in [0.1, 0.15) is 23.4 Å². The van der Waals surface area contributed by atoms with Crippen LogP contribution in [0.25, 0.3) is 11.0 Å². The average Bonchev–Trinajstić information content (AvgIpc) is 3.11. The van der Waals surface area contributed by atoms with Crippen molar-refractivity contribution in [1.82, 2.24) is 14.5 Å². The molecule has 3 atom stereocenters. The number of rotatable bonds is 5. The summed E-state index contributed by atoms with van der Waals surface area (Å²) in [6, 6.07) is 1.90. The highest BCUT2D eigenvalue weighted by Gasteiger charge is 2.39. The predicted molar refractivity (Wildman–Crippen MR) is 86.3 cm³/mol. The molecule has 1 aliphatic rings. The monoisotopic (exact) mass is 337 g/mol. The zero-order chi connectivity index (χ0) is 16.6. The van der Waals surface area contributed by atoms with Gasteiger partial charge in [0.2, 0.25) is 0 Å². The molecule has 0 N–H and O–H groups in total. The molecule has 2 heterocycles. The fourth-order valence-corrected chi connectivity index (χ4v) is 3.36. The topological polar surface area (TPSA) is 66.2 Å². The third-order valence-corrected chi connectivity index (χ3v) is 4.75. The summed E-state index contributed by atoms with van der Waals surface area (Å²) in [7, 11) is 1.61. The number of carbonyl (C=O) groups is 1. The van der Waals surface area contributed by atoms with Crippen LogP contribution in [-0.4, -0.2) is 39.8 Å². The van der Waals surface area contributed by atoms with Crippen LogP contribution in [-0.2, 0) is 14.3 Å². The molecule has 2 aromatic rings. The minimum absolute atomic E-state index is 0.00286. The number of ether oxygens (including phenoxy) is 2. The molecule has 0 spiro atoms. The largest absolute Gasteiger partial charge is 0.354 e. The normalized spacial score (nSPS) is 25.1. The van der Waals surface area contributed by atoms with E-state index in [-0.39, 0.29) is 18.1 Å². The Balaban J connectivity index is 1.97. The van der Waals surface area contributed by atoms with E-state index >= 15 is 0 Å². The molecule has 1 fully saturated rings. The van der Waals surface area contributed by atoms with Gasteiger partial charge in [-0.3, -0.25) is 0 Å². The minimum atomic E-state index is -0.712. The highest BCUT2D eigenvalue weighted by molar-refractivity contribution is 6.33. The van der Waals surface area contributed by atoms with Crippen molar-refractivity contribution in [2.45, 2.75) is 44.6 Å². The highest BCUT2D eigenvalue weighted by atomic mass is 35.5. The van der Waals surface area contributed by atoms with E-state index in [4.69, 9.17) is 21.1 Å². The van der Waals surface area contributed by atoms with Crippen LogP contribution in [0.4, 0.5) is 0 Å². The molecule has 2 aromatic heterocycles. The molecule has 0 aromatic carbocycles. The Morgan fingerprint density at radius 2 is 2.17 bits per heavy atom. The van der Waals surface area contributed by atoms with E-state index < -0.39 is 5.79 Å². The van der Waals surface area contributed by atoms with Gasteiger partial charge in [-0.1, -0.05) is 11.6 Å². The van der Waals surface area contributed by atoms with Gasteiger partial charge in [0, 0.05) is 19.2 Å². The molecule has 6 nitrogen and oxygen atoms in total. The third-order valence-electron chi connectivity index (χ3n) is 4.45. The first kappa shape index (κ1) is 16.4. The van der Waals surface area contributed by atoms with Crippen molar-refractivity contribution in [2.24, 2.45) is 5.92 Å². The van der Waals surface area contributed by atoms with Crippen LogP contribution >= 0.6 is 11.6 Å². The SMILES string of the molecule is COC(C)(C)O[C@@H]1C[C@@H](C=O)C[C@H]1n1ccc2c(Cl)ncnc21. The number of carbonyl (C=O) groups excluding carboxylic acids is 1. The van der Waals surface area contributed by atoms with Gasteiger partial charge in [-0.15, -0.1) is 0 Å². The van der Waals surface area contributed by atoms with Crippen molar-refractivity contribution in [3.63, 3.8) is 0 Å². The fourth-order valence-electron chi connectivity index (χ4n) is 3.16. The summed E-state index contributed by atoms with van der Waals surface area (Å²) in [6.45, 7) is 3.73. The standard InChI is InChI=1S/C16H20ClN3O3/c1-16(2,22-3)23-13-7-10(8-21)6-12(13)20-5-4-11-14(17)18-9-19-15(11)20/h4-5,8-10,12-13H,6-7H2,1-3H3/t10-,12+,13+/m0/s1. The Labute approximate surface area is 139 Å². The maximum absolute atomic E-state index is 11.3. The molecule has 1 saturated carbocycles. The molecule has 7 heteroatoms. The summed E-state index contributed by atoms with van der Waals surface area (Å²) in [4.78, 5) is 19.6. The van der Waals surface area contributed by atoms with Crippen LogP contribution in [0.15, 0.2) is 18.6 Å². The zero-order valence-corrected chi connectivity index (χ0v) is 14.2. The Morgan fingerprint density at radius 1 is 1.39 bits per heavy atom. The summed E-state index contributed by atoms with van der Waals surface area (Å²) in [6.07, 6.45) is 5.62. The van der Waals surface area contributed by atoms with Crippen molar-refractivity contribution in [1.29, 1.82) is 0 Å². The Morgan fingerprint density at radius 3 is 2.87 bits per heavy atom. The van der Waals surface area contributed by atoms with Crippen LogP contribution in [0, 0.1) is 5.92 Å². The number of aromatic nitrogens is 3. The quantitative estimate of drug-likeness (QED) is 0.476. The Bertz CT molecular complexity index is 716. The van der Waals surface area contributed by atoms with E-state index in [9.17, 15) is 4.79 Å².